The predicted molar refractivity (Wildman–Crippen MR) is 125 cm³/mol. The Labute approximate surface area is 197 Å². The number of unbranched alkanes of at least 4 members (excludes halogenated alkanes) is 2. The highest BCUT2D eigenvalue weighted by Gasteiger charge is 2.25. The standard InChI is InChI=1S/C23H34F3NO5S/c24-23(25,26)16-11-9-7-5-3-1-2-4-6-8-10-14-20(33-17-18(27)22(31)32)19(28)13-12-15-21(29)30/h2-6,8,10,14,18-20,28H,1,7,9,11-13,15-17,27H2,(H,29,30)(H,31,32)/b4-2+,5-3+,8-6+,14-10+/t18-,19+,20+/m1/s1. The quantitative estimate of drug-likeness (QED) is 0.122. The van der Waals surface area contributed by atoms with Crippen LogP contribution in [0.25, 0.3) is 0 Å². The number of aliphatic hydroxyl groups excluding tert-OH is 1. The fourth-order valence-electron chi connectivity index (χ4n) is 2.55. The van der Waals surface area contributed by atoms with E-state index in [-0.39, 0.29) is 25.0 Å². The Kier molecular flexibility index (Phi) is 17.3. The molecule has 0 unspecified atom stereocenters. The van der Waals surface area contributed by atoms with Crippen LogP contribution in [-0.2, 0) is 9.59 Å². The highest BCUT2D eigenvalue weighted by molar-refractivity contribution is 8.00. The Bertz CT molecular complexity index is 677. The molecule has 0 radical (unpaired) electrons. The number of aliphatic hydroxyl groups is 1. The monoisotopic (exact) mass is 493 g/mol. The summed E-state index contributed by atoms with van der Waals surface area (Å²) < 4.78 is 36.1. The summed E-state index contributed by atoms with van der Waals surface area (Å²) in [5.41, 5.74) is 5.51. The Morgan fingerprint density at radius 1 is 0.970 bits per heavy atom. The van der Waals surface area contributed by atoms with Gasteiger partial charge in [-0.25, -0.2) is 0 Å². The lowest BCUT2D eigenvalue weighted by molar-refractivity contribution is -0.138. The van der Waals surface area contributed by atoms with Crippen molar-refractivity contribution in [3.8, 4) is 0 Å². The van der Waals surface area contributed by atoms with E-state index >= 15 is 0 Å². The van der Waals surface area contributed by atoms with Crippen molar-refractivity contribution in [3.05, 3.63) is 48.6 Å². The van der Waals surface area contributed by atoms with Crippen LogP contribution in [0.1, 0.15) is 51.4 Å². The molecule has 5 N–H and O–H groups in total. The number of hydrogen-bond donors (Lipinski definition) is 4. The second kappa shape index (κ2) is 18.4. The van der Waals surface area contributed by atoms with Gasteiger partial charge in [-0.1, -0.05) is 48.6 Å². The van der Waals surface area contributed by atoms with Gasteiger partial charge in [0.1, 0.15) is 6.04 Å². The van der Waals surface area contributed by atoms with Crippen molar-refractivity contribution in [1.82, 2.24) is 0 Å². The number of carboxylic acids is 2. The molecule has 188 valence electrons. The third-order valence-corrected chi connectivity index (χ3v) is 5.75. The molecule has 0 spiro atoms. The molecule has 10 heteroatoms. The number of carbonyl (C=O) groups is 2. The van der Waals surface area contributed by atoms with E-state index in [9.17, 15) is 27.9 Å². The lowest BCUT2D eigenvalue weighted by Gasteiger charge is -2.20. The van der Waals surface area contributed by atoms with E-state index in [0.29, 0.717) is 25.7 Å². The number of allylic oxidation sites excluding steroid dienone is 7. The van der Waals surface area contributed by atoms with Gasteiger partial charge in [-0.05, 0) is 38.5 Å². The van der Waals surface area contributed by atoms with Gasteiger partial charge in [0.2, 0.25) is 0 Å². The zero-order chi connectivity index (χ0) is 25.1. The topological polar surface area (TPSA) is 121 Å². The second-order valence-corrected chi connectivity index (χ2v) is 8.57. The molecule has 0 rings (SSSR count). The van der Waals surface area contributed by atoms with Crippen molar-refractivity contribution in [3.63, 3.8) is 0 Å². The molecule has 0 heterocycles. The summed E-state index contributed by atoms with van der Waals surface area (Å²) in [5, 5.41) is 27.5. The number of hydrogen-bond acceptors (Lipinski definition) is 5. The molecule has 0 fully saturated rings. The van der Waals surface area contributed by atoms with Crippen LogP contribution in [0, 0.1) is 0 Å². The van der Waals surface area contributed by atoms with Gasteiger partial charge < -0.3 is 21.1 Å². The number of nitrogens with two attached hydrogens (primary N) is 1. The molecule has 0 amide bonds. The number of carboxylic acid groups (broad SMARTS) is 2. The van der Waals surface area contributed by atoms with E-state index in [1.807, 2.05) is 24.3 Å². The SMILES string of the molecule is N[C@H](CS[C@@H](/C=C/C=C/C=C/C/C=C/CCCCC(F)(F)F)[C@@H](O)CCCC(=O)O)C(=O)O. The predicted octanol–water partition coefficient (Wildman–Crippen LogP) is 4.85. The van der Waals surface area contributed by atoms with Crippen LogP contribution in [0.2, 0.25) is 0 Å². The van der Waals surface area contributed by atoms with E-state index in [1.54, 1.807) is 24.3 Å². The zero-order valence-electron chi connectivity index (χ0n) is 18.5. The first-order chi connectivity index (χ1) is 15.5. The van der Waals surface area contributed by atoms with Gasteiger partial charge in [-0.3, -0.25) is 9.59 Å². The molecule has 0 saturated heterocycles. The smallest absolute Gasteiger partial charge is 0.389 e. The molecule has 3 atom stereocenters. The van der Waals surface area contributed by atoms with Crippen LogP contribution >= 0.6 is 11.8 Å². The number of rotatable bonds is 18. The van der Waals surface area contributed by atoms with Gasteiger partial charge in [-0.2, -0.15) is 13.2 Å². The first-order valence-electron chi connectivity index (χ1n) is 10.7. The van der Waals surface area contributed by atoms with E-state index in [2.05, 4.69) is 0 Å². The largest absolute Gasteiger partial charge is 0.481 e. The van der Waals surface area contributed by atoms with Gasteiger partial charge >= 0.3 is 18.1 Å². The number of aliphatic carboxylic acids is 2. The van der Waals surface area contributed by atoms with E-state index in [0.717, 1.165) is 0 Å². The molecule has 0 aliphatic heterocycles. The van der Waals surface area contributed by atoms with Crippen LogP contribution in [0.5, 0.6) is 0 Å². The average Bonchev–Trinajstić information content (AvgIpc) is 2.71. The first-order valence-corrected chi connectivity index (χ1v) is 11.8. The Morgan fingerprint density at radius 3 is 2.30 bits per heavy atom. The molecule has 6 nitrogen and oxygen atoms in total. The highest BCUT2D eigenvalue weighted by Crippen LogP contribution is 2.23. The Hall–Kier alpha value is -2.04. The molecule has 0 aliphatic rings. The van der Waals surface area contributed by atoms with Crippen LogP contribution in [-0.4, -0.2) is 56.6 Å². The van der Waals surface area contributed by atoms with E-state index < -0.39 is 41.9 Å². The minimum absolute atomic E-state index is 0.0560. The number of thioether (sulfide) groups is 1. The molecular weight excluding hydrogens is 459 g/mol. The van der Waals surface area contributed by atoms with E-state index in [1.165, 1.54) is 11.8 Å². The molecule has 0 aromatic heterocycles. The van der Waals surface area contributed by atoms with Crippen molar-refractivity contribution in [2.75, 3.05) is 5.75 Å². The zero-order valence-corrected chi connectivity index (χ0v) is 19.3. The normalized spacial score (nSPS) is 15.7. The minimum Gasteiger partial charge on any atom is -0.481 e. The van der Waals surface area contributed by atoms with Gasteiger partial charge in [0.15, 0.2) is 0 Å². The van der Waals surface area contributed by atoms with Gasteiger partial charge in [0, 0.05) is 23.8 Å². The maximum absolute atomic E-state index is 12.0. The lowest BCUT2D eigenvalue weighted by Crippen LogP contribution is -2.34. The summed E-state index contributed by atoms with van der Waals surface area (Å²) in [5.74, 6) is -1.97. The summed E-state index contributed by atoms with van der Waals surface area (Å²) in [4.78, 5) is 21.5. The maximum atomic E-state index is 12.0. The van der Waals surface area contributed by atoms with Crippen molar-refractivity contribution < 1.29 is 38.1 Å². The van der Waals surface area contributed by atoms with Crippen molar-refractivity contribution in [2.45, 2.75) is 74.9 Å². The summed E-state index contributed by atoms with van der Waals surface area (Å²) >= 11 is 1.20. The molecule has 0 aliphatic carbocycles. The van der Waals surface area contributed by atoms with Crippen LogP contribution < -0.4 is 5.73 Å². The summed E-state index contributed by atoms with van der Waals surface area (Å²) in [6.07, 6.45) is 11.1. The van der Waals surface area contributed by atoms with Crippen molar-refractivity contribution in [1.29, 1.82) is 0 Å². The third kappa shape index (κ3) is 20.3. The average molecular weight is 494 g/mol. The Morgan fingerprint density at radius 2 is 1.67 bits per heavy atom. The number of alkyl halides is 3. The number of halogens is 3. The lowest BCUT2D eigenvalue weighted by atomic mass is 10.1. The molecule has 0 aromatic carbocycles. The highest BCUT2D eigenvalue weighted by atomic mass is 32.2. The van der Waals surface area contributed by atoms with Crippen LogP contribution in [0.3, 0.4) is 0 Å². The molecular formula is C23H34F3NO5S. The molecule has 0 aromatic rings. The molecule has 0 saturated carbocycles. The summed E-state index contributed by atoms with van der Waals surface area (Å²) in [6.45, 7) is 0. The third-order valence-electron chi connectivity index (χ3n) is 4.35. The summed E-state index contributed by atoms with van der Waals surface area (Å²) in [6, 6.07) is -1.06. The minimum atomic E-state index is -4.09. The molecule has 33 heavy (non-hydrogen) atoms. The first kappa shape index (κ1) is 31.0. The van der Waals surface area contributed by atoms with Crippen LogP contribution in [0.15, 0.2) is 48.6 Å². The van der Waals surface area contributed by atoms with Crippen molar-refractivity contribution in [2.24, 2.45) is 5.73 Å². The summed E-state index contributed by atoms with van der Waals surface area (Å²) in [7, 11) is 0. The fourth-order valence-corrected chi connectivity index (χ4v) is 3.68. The Balaban J connectivity index is 4.43. The second-order valence-electron chi connectivity index (χ2n) is 7.36. The van der Waals surface area contributed by atoms with Crippen LogP contribution in [0.4, 0.5) is 13.2 Å². The van der Waals surface area contributed by atoms with Gasteiger partial charge in [0.25, 0.3) is 0 Å². The van der Waals surface area contributed by atoms with E-state index in [4.69, 9.17) is 15.9 Å². The van der Waals surface area contributed by atoms with Gasteiger partial charge in [0.05, 0.1) is 6.10 Å². The molecule has 0 bridgehead atoms. The van der Waals surface area contributed by atoms with Gasteiger partial charge in [-0.15, -0.1) is 11.8 Å². The fraction of sp³-hybridized carbons (Fsp3) is 0.565. The maximum Gasteiger partial charge on any atom is 0.389 e. The van der Waals surface area contributed by atoms with Crippen molar-refractivity contribution >= 4 is 23.7 Å².